The van der Waals surface area contributed by atoms with Gasteiger partial charge in [-0.05, 0) is 59.1 Å². The summed E-state index contributed by atoms with van der Waals surface area (Å²) in [5.41, 5.74) is -0.0545. The first kappa shape index (κ1) is 36.7. The zero-order valence-corrected chi connectivity index (χ0v) is 28.3. The largest absolute Gasteiger partial charge is 0.481 e. The summed E-state index contributed by atoms with van der Waals surface area (Å²) < 4.78 is 12.3. The summed E-state index contributed by atoms with van der Waals surface area (Å²) in [6.07, 6.45) is 0.172. The van der Waals surface area contributed by atoms with E-state index in [0.29, 0.717) is 25.1 Å². The Labute approximate surface area is 284 Å². The second-order valence-electron chi connectivity index (χ2n) is 12.9. The second kappa shape index (κ2) is 16.3. The van der Waals surface area contributed by atoms with Gasteiger partial charge in [-0.2, -0.15) is 5.10 Å². The smallest absolute Gasteiger partial charge is 0.409 e. The van der Waals surface area contributed by atoms with E-state index in [4.69, 9.17) is 9.47 Å². The molecule has 0 radical (unpaired) electrons. The van der Waals surface area contributed by atoms with E-state index in [-0.39, 0.29) is 63.1 Å². The number of nitrogens with zero attached hydrogens (tertiary/aromatic N) is 5. The summed E-state index contributed by atoms with van der Waals surface area (Å²) in [5, 5.41) is 19.3. The van der Waals surface area contributed by atoms with Crippen LogP contribution in [-0.2, 0) is 23.9 Å². The standard InChI is InChI=1S/C33H45N7O9/c1-5-48-32(47)38-18-16-37(17-19-38)31(46)23(13-14-28(42)43)34-29(44)24-20-27(40(36-24)22-10-7-6-8-11-22)49-21-26(41)39-15-9-12-25(39)30(45)35-33(2,3)4/h6-8,10-11,20,23,25H,5,9,12-19,21H2,1-4H3,(H,34,44)(H,35,45)(H,42,43). The number of carbonyl (C=O) groups is 6. The highest BCUT2D eigenvalue weighted by molar-refractivity contribution is 5.96. The molecule has 4 rings (SSSR count). The molecule has 2 aromatic rings. The first-order chi connectivity index (χ1) is 23.3. The van der Waals surface area contributed by atoms with Crippen molar-refractivity contribution in [2.75, 3.05) is 45.9 Å². The number of aliphatic carboxylic acids is 1. The highest BCUT2D eigenvalue weighted by atomic mass is 16.6. The number of hydrogen-bond donors (Lipinski definition) is 3. The number of ether oxygens (including phenoxy) is 2. The van der Waals surface area contributed by atoms with E-state index in [0.717, 1.165) is 0 Å². The maximum atomic E-state index is 13.5. The third-order valence-corrected chi connectivity index (χ3v) is 8.00. The van der Waals surface area contributed by atoms with Crippen LogP contribution in [0.2, 0.25) is 0 Å². The Morgan fingerprint density at radius 3 is 2.31 bits per heavy atom. The van der Waals surface area contributed by atoms with Crippen LogP contribution in [0.25, 0.3) is 5.69 Å². The molecule has 0 saturated carbocycles. The number of rotatable bonds is 12. The second-order valence-corrected chi connectivity index (χ2v) is 12.9. The molecule has 266 valence electrons. The average molecular weight is 684 g/mol. The number of aromatic nitrogens is 2. The van der Waals surface area contributed by atoms with Crippen molar-refractivity contribution in [3.8, 4) is 11.6 Å². The number of carbonyl (C=O) groups excluding carboxylic acids is 5. The predicted octanol–water partition coefficient (Wildman–Crippen LogP) is 1.42. The molecule has 2 aliphatic heterocycles. The molecule has 3 N–H and O–H groups in total. The Kier molecular flexibility index (Phi) is 12.2. The summed E-state index contributed by atoms with van der Waals surface area (Å²) in [7, 11) is 0. The molecule has 1 aromatic heterocycles. The lowest BCUT2D eigenvalue weighted by molar-refractivity contribution is -0.140. The van der Waals surface area contributed by atoms with Crippen molar-refractivity contribution >= 4 is 35.7 Å². The lowest BCUT2D eigenvalue weighted by atomic mass is 10.1. The number of hydrogen-bond acceptors (Lipinski definition) is 9. The van der Waals surface area contributed by atoms with Gasteiger partial charge in [-0.25, -0.2) is 9.48 Å². The molecular formula is C33H45N7O9. The van der Waals surface area contributed by atoms with Gasteiger partial charge in [-0.1, -0.05) is 18.2 Å². The van der Waals surface area contributed by atoms with E-state index in [9.17, 15) is 33.9 Å². The zero-order valence-electron chi connectivity index (χ0n) is 28.3. The number of benzene rings is 1. The maximum absolute atomic E-state index is 13.5. The number of likely N-dealkylation sites (tertiary alicyclic amines) is 1. The van der Waals surface area contributed by atoms with E-state index in [1.165, 1.54) is 25.4 Å². The fraction of sp³-hybridized carbons (Fsp3) is 0.545. The van der Waals surface area contributed by atoms with E-state index in [1.807, 2.05) is 20.8 Å². The highest BCUT2D eigenvalue weighted by Crippen LogP contribution is 2.22. The van der Waals surface area contributed by atoms with Gasteiger partial charge in [0, 0.05) is 50.7 Å². The molecule has 3 heterocycles. The van der Waals surface area contributed by atoms with Gasteiger partial charge in [0.2, 0.25) is 17.7 Å². The monoisotopic (exact) mass is 683 g/mol. The molecule has 5 amide bonds. The number of para-hydroxylation sites is 1. The Balaban J connectivity index is 1.49. The average Bonchev–Trinajstić information content (AvgIpc) is 3.73. The van der Waals surface area contributed by atoms with Gasteiger partial charge in [0.25, 0.3) is 11.8 Å². The van der Waals surface area contributed by atoms with Crippen molar-refractivity contribution in [1.29, 1.82) is 0 Å². The number of nitrogens with one attached hydrogen (secondary N) is 2. The van der Waals surface area contributed by atoms with Crippen LogP contribution in [0.5, 0.6) is 5.88 Å². The molecular weight excluding hydrogens is 638 g/mol. The molecule has 2 atom stereocenters. The predicted molar refractivity (Wildman–Crippen MR) is 175 cm³/mol. The Morgan fingerprint density at radius 1 is 1.00 bits per heavy atom. The third kappa shape index (κ3) is 9.93. The Bertz CT molecular complexity index is 1510. The summed E-state index contributed by atoms with van der Waals surface area (Å²) >= 11 is 0. The molecule has 0 bridgehead atoms. The van der Waals surface area contributed by atoms with Gasteiger partial charge in [-0.15, -0.1) is 0 Å². The molecule has 2 fully saturated rings. The Morgan fingerprint density at radius 2 is 1.67 bits per heavy atom. The number of carboxylic acids is 1. The molecule has 0 spiro atoms. The van der Waals surface area contributed by atoms with Crippen LogP contribution >= 0.6 is 0 Å². The van der Waals surface area contributed by atoms with Crippen LogP contribution in [0.3, 0.4) is 0 Å². The molecule has 2 saturated heterocycles. The normalized spacial score (nSPS) is 16.9. The van der Waals surface area contributed by atoms with E-state index >= 15 is 0 Å². The summed E-state index contributed by atoms with van der Waals surface area (Å²) in [4.78, 5) is 81.1. The summed E-state index contributed by atoms with van der Waals surface area (Å²) in [5.74, 6) is -2.94. The summed E-state index contributed by atoms with van der Waals surface area (Å²) in [6.45, 7) is 8.32. The molecule has 49 heavy (non-hydrogen) atoms. The maximum Gasteiger partial charge on any atom is 0.409 e. The lowest BCUT2D eigenvalue weighted by Crippen LogP contribution is -2.56. The molecule has 0 aliphatic carbocycles. The molecule has 1 aromatic carbocycles. The van der Waals surface area contributed by atoms with Crippen LogP contribution in [0.4, 0.5) is 4.79 Å². The van der Waals surface area contributed by atoms with Crippen LogP contribution in [-0.4, -0.2) is 129 Å². The topological polar surface area (TPSA) is 193 Å². The fourth-order valence-electron chi connectivity index (χ4n) is 5.64. The fourth-order valence-corrected chi connectivity index (χ4v) is 5.64. The van der Waals surface area contributed by atoms with E-state index in [1.54, 1.807) is 37.3 Å². The van der Waals surface area contributed by atoms with Gasteiger partial charge in [0.15, 0.2) is 12.3 Å². The minimum Gasteiger partial charge on any atom is -0.481 e. The third-order valence-electron chi connectivity index (χ3n) is 8.00. The van der Waals surface area contributed by atoms with Gasteiger partial charge >= 0.3 is 12.1 Å². The van der Waals surface area contributed by atoms with Crippen LogP contribution in [0, 0.1) is 0 Å². The van der Waals surface area contributed by atoms with Gasteiger partial charge < -0.3 is 39.9 Å². The number of carboxylic acid groups (broad SMARTS) is 1. The van der Waals surface area contributed by atoms with Crippen molar-refractivity contribution in [2.45, 2.75) is 71.0 Å². The van der Waals surface area contributed by atoms with Gasteiger partial charge in [-0.3, -0.25) is 24.0 Å². The van der Waals surface area contributed by atoms with Crippen LogP contribution in [0.15, 0.2) is 36.4 Å². The minimum absolute atomic E-state index is 0.0723. The zero-order chi connectivity index (χ0) is 35.7. The highest BCUT2D eigenvalue weighted by Gasteiger charge is 2.36. The van der Waals surface area contributed by atoms with Crippen LogP contribution < -0.4 is 15.4 Å². The Hall–Kier alpha value is -5.15. The van der Waals surface area contributed by atoms with Crippen LogP contribution in [0.1, 0.15) is 63.9 Å². The SMILES string of the molecule is CCOC(=O)N1CCN(C(=O)C(CCC(=O)O)NC(=O)c2cc(OCC(=O)N3CCCC3C(=O)NC(C)(C)C)n(-c3ccccc3)n2)CC1. The van der Waals surface area contributed by atoms with Crippen molar-refractivity contribution in [3.63, 3.8) is 0 Å². The van der Waals surface area contributed by atoms with E-state index < -0.39 is 54.0 Å². The molecule has 16 nitrogen and oxygen atoms in total. The van der Waals surface area contributed by atoms with E-state index in [2.05, 4.69) is 15.7 Å². The van der Waals surface area contributed by atoms with Crippen molar-refractivity contribution < 1.29 is 43.3 Å². The van der Waals surface area contributed by atoms with Crippen molar-refractivity contribution in [1.82, 2.24) is 35.1 Å². The molecule has 2 unspecified atom stereocenters. The minimum atomic E-state index is -1.18. The van der Waals surface area contributed by atoms with Crippen molar-refractivity contribution in [2.24, 2.45) is 0 Å². The number of piperazine rings is 1. The van der Waals surface area contributed by atoms with Gasteiger partial charge in [0.1, 0.15) is 12.1 Å². The molecule has 16 heteroatoms. The quantitative estimate of drug-likeness (QED) is 0.295. The first-order valence-electron chi connectivity index (χ1n) is 16.4. The summed E-state index contributed by atoms with van der Waals surface area (Å²) in [6, 6.07) is 8.30. The van der Waals surface area contributed by atoms with Gasteiger partial charge in [0.05, 0.1) is 12.3 Å². The molecule has 2 aliphatic rings. The lowest BCUT2D eigenvalue weighted by Gasteiger charge is -2.35. The first-order valence-corrected chi connectivity index (χ1v) is 16.4. The van der Waals surface area contributed by atoms with Crippen molar-refractivity contribution in [3.05, 3.63) is 42.1 Å². The number of amides is 5.